The standard InChI is InChI=1S/C18H19ClFNO3/c19-15-10-12(20)6-8-16(15)23-11-14-7-9-17(24-14)18(22)21-13-4-2-1-3-5-13/h6-10,13H,1-5,11H2,(H,21,22). The molecule has 3 rings (SSSR count). The van der Waals surface area contributed by atoms with Gasteiger partial charge in [-0.25, -0.2) is 4.39 Å². The van der Waals surface area contributed by atoms with Gasteiger partial charge in [-0.15, -0.1) is 0 Å². The van der Waals surface area contributed by atoms with Crippen molar-refractivity contribution < 1.29 is 18.3 Å². The van der Waals surface area contributed by atoms with E-state index in [0.717, 1.165) is 25.7 Å². The van der Waals surface area contributed by atoms with E-state index >= 15 is 0 Å². The summed E-state index contributed by atoms with van der Waals surface area (Å²) in [5, 5.41) is 3.19. The minimum Gasteiger partial charge on any atom is -0.484 e. The zero-order valence-electron chi connectivity index (χ0n) is 13.2. The zero-order chi connectivity index (χ0) is 16.9. The fourth-order valence-electron chi connectivity index (χ4n) is 2.82. The summed E-state index contributed by atoms with van der Waals surface area (Å²) in [4.78, 5) is 12.2. The lowest BCUT2D eigenvalue weighted by Crippen LogP contribution is -2.35. The largest absolute Gasteiger partial charge is 0.484 e. The van der Waals surface area contributed by atoms with Gasteiger partial charge in [-0.3, -0.25) is 4.79 Å². The molecular formula is C18H19ClFNO3. The van der Waals surface area contributed by atoms with Crippen molar-refractivity contribution in [3.8, 4) is 5.75 Å². The molecule has 1 fully saturated rings. The van der Waals surface area contributed by atoms with Crippen molar-refractivity contribution in [2.24, 2.45) is 0 Å². The van der Waals surface area contributed by atoms with Crippen LogP contribution in [0.3, 0.4) is 0 Å². The zero-order valence-corrected chi connectivity index (χ0v) is 13.9. The number of carbonyl (C=O) groups excluding carboxylic acids is 1. The Bertz CT molecular complexity index is 710. The van der Waals surface area contributed by atoms with E-state index in [4.69, 9.17) is 20.8 Å². The molecule has 1 N–H and O–H groups in total. The molecule has 1 aromatic heterocycles. The quantitative estimate of drug-likeness (QED) is 0.848. The Hall–Kier alpha value is -2.01. The topological polar surface area (TPSA) is 51.5 Å². The summed E-state index contributed by atoms with van der Waals surface area (Å²) in [6.07, 6.45) is 5.58. The minimum absolute atomic E-state index is 0.113. The second-order valence-corrected chi connectivity index (χ2v) is 6.34. The fraction of sp³-hybridized carbons (Fsp3) is 0.389. The summed E-state index contributed by atoms with van der Waals surface area (Å²) in [5.74, 6) is 0.510. The van der Waals surface area contributed by atoms with E-state index in [1.54, 1.807) is 12.1 Å². The number of benzene rings is 1. The molecule has 0 radical (unpaired) electrons. The highest BCUT2D eigenvalue weighted by molar-refractivity contribution is 6.32. The lowest BCUT2D eigenvalue weighted by molar-refractivity contribution is 0.0895. The number of furan rings is 1. The summed E-state index contributed by atoms with van der Waals surface area (Å²) >= 11 is 5.90. The van der Waals surface area contributed by atoms with Gasteiger partial charge in [-0.2, -0.15) is 0 Å². The lowest BCUT2D eigenvalue weighted by atomic mass is 9.95. The molecular weight excluding hydrogens is 333 g/mol. The normalized spacial score (nSPS) is 15.2. The number of amides is 1. The van der Waals surface area contributed by atoms with Crippen LogP contribution >= 0.6 is 11.6 Å². The first-order chi connectivity index (χ1) is 11.6. The molecule has 0 atom stereocenters. The molecule has 4 nitrogen and oxygen atoms in total. The monoisotopic (exact) mass is 351 g/mol. The maximum Gasteiger partial charge on any atom is 0.287 e. The second kappa shape index (κ2) is 7.71. The summed E-state index contributed by atoms with van der Waals surface area (Å²) in [5.41, 5.74) is 0. The minimum atomic E-state index is -0.424. The Morgan fingerprint density at radius 3 is 2.79 bits per heavy atom. The highest BCUT2D eigenvalue weighted by Gasteiger charge is 2.19. The van der Waals surface area contributed by atoms with E-state index in [1.807, 2.05) is 0 Å². The third-order valence-electron chi connectivity index (χ3n) is 4.09. The van der Waals surface area contributed by atoms with Gasteiger partial charge < -0.3 is 14.5 Å². The molecule has 6 heteroatoms. The predicted molar refractivity (Wildman–Crippen MR) is 88.8 cm³/mol. The van der Waals surface area contributed by atoms with Crippen molar-refractivity contribution in [1.82, 2.24) is 5.32 Å². The first kappa shape index (κ1) is 16.8. The molecule has 1 amide bonds. The van der Waals surface area contributed by atoms with Crippen LogP contribution in [0.5, 0.6) is 5.75 Å². The van der Waals surface area contributed by atoms with Crippen LogP contribution in [-0.4, -0.2) is 11.9 Å². The summed E-state index contributed by atoms with van der Waals surface area (Å²) in [6.45, 7) is 0.113. The number of hydrogen-bond donors (Lipinski definition) is 1. The van der Waals surface area contributed by atoms with Gasteiger partial charge in [0.15, 0.2) is 5.76 Å². The van der Waals surface area contributed by atoms with E-state index in [0.29, 0.717) is 11.5 Å². The average molecular weight is 352 g/mol. The van der Waals surface area contributed by atoms with Crippen LogP contribution in [0.1, 0.15) is 48.4 Å². The number of hydrogen-bond acceptors (Lipinski definition) is 3. The highest BCUT2D eigenvalue weighted by atomic mass is 35.5. The third kappa shape index (κ3) is 4.29. The van der Waals surface area contributed by atoms with Gasteiger partial charge >= 0.3 is 0 Å². The SMILES string of the molecule is O=C(NC1CCCCC1)c1ccc(COc2ccc(F)cc2Cl)o1. The van der Waals surface area contributed by atoms with Crippen LogP contribution < -0.4 is 10.1 Å². The number of ether oxygens (including phenoxy) is 1. The van der Waals surface area contributed by atoms with Crippen LogP contribution in [0.25, 0.3) is 0 Å². The van der Waals surface area contributed by atoms with Gasteiger partial charge in [-0.1, -0.05) is 30.9 Å². The molecule has 0 aliphatic heterocycles. The summed E-state index contributed by atoms with van der Waals surface area (Å²) in [7, 11) is 0. The van der Waals surface area contributed by atoms with E-state index in [2.05, 4.69) is 5.32 Å². The van der Waals surface area contributed by atoms with Crippen molar-refractivity contribution in [3.05, 3.63) is 52.7 Å². The second-order valence-electron chi connectivity index (χ2n) is 5.94. The number of nitrogens with one attached hydrogen (secondary N) is 1. The molecule has 128 valence electrons. The predicted octanol–water partition coefficient (Wildman–Crippen LogP) is 4.71. The Labute approximate surface area is 144 Å². The Morgan fingerprint density at radius 1 is 1.25 bits per heavy atom. The molecule has 0 saturated heterocycles. The Morgan fingerprint density at radius 2 is 2.04 bits per heavy atom. The molecule has 2 aromatic rings. The summed E-state index contributed by atoms with van der Waals surface area (Å²) in [6, 6.07) is 7.45. The van der Waals surface area contributed by atoms with E-state index in [9.17, 15) is 9.18 Å². The first-order valence-electron chi connectivity index (χ1n) is 8.09. The molecule has 1 saturated carbocycles. The van der Waals surface area contributed by atoms with E-state index in [1.165, 1.54) is 24.6 Å². The molecule has 1 aromatic carbocycles. The van der Waals surface area contributed by atoms with Gasteiger partial charge in [0, 0.05) is 6.04 Å². The lowest BCUT2D eigenvalue weighted by Gasteiger charge is -2.22. The van der Waals surface area contributed by atoms with Crippen molar-refractivity contribution in [2.75, 3.05) is 0 Å². The number of carbonyl (C=O) groups is 1. The molecule has 1 aliphatic rings. The molecule has 1 aliphatic carbocycles. The van der Waals surface area contributed by atoms with Crippen LogP contribution in [0.15, 0.2) is 34.7 Å². The Balaban J connectivity index is 1.55. The van der Waals surface area contributed by atoms with Gasteiger partial charge in [0.1, 0.15) is 23.9 Å². The van der Waals surface area contributed by atoms with Crippen LogP contribution in [-0.2, 0) is 6.61 Å². The highest BCUT2D eigenvalue weighted by Crippen LogP contribution is 2.26. The van der Waals surface area contributed by atoms with Gasteiger partial charge in [0.25, 0.3) is 5.91 Å². The van der Waals surface area contributed by atoms with Crippen LogP contribution in [0.2, 0.25) is 5.02 Å². The smallest absolute Gasteiger partial charge is 0.287 e. The third-order valence-corrected chi connectivity index (χ3v) is 4.39. The average Bonchev–Trinajstić information content (AvgIpc) is 3.04. The van der Waals surface area contributed by atoms with Gasteiger partial charge in [0.2, 0.25) is 0 Å². The number of halogens is 2. The maximum atomic E-state index is 13.0. The van der Waals surface area contributed by atoms with Crippen molar-refractivity contribution in [2.45, 2.75) is 44.8 Å². The molecule has 0 bridgehead atoms. The van der Waals surface area contributed by atoms with Gasteiger partial charge in [-0.05, 0) is 43.2 Å². The maximum absolute atomic E-state index is 13.0. The van der Waals surface area contributed by atoms with E-state index in [-0.39, 0.29) is 29.3 Å². The summed E-state index contributed by atoms with van der Waals surface area (Å²) < 4.78 is 24.0. The molecule has 0 spiro atoms. The fourth-order valence-corrected chi connectivity index (χ4v) is 3.04. The number of rotatable bonds is 5. The first-order valence-corrected chi connectivity index (χ1v) is 8.47. The molecule has 1 heterocycles. The molecule has 24 heavy (non-hydrogen) atoms. The van der Waals surface area contributed by atoms with E-state index < -0.39 is 5.82 Å². The molecule has 0 unspecified atom stereocenters. The van der Waals surface area contributed by atoms with Crippen molar-refractivity contribution >= 4 is 17.5 Å². The van der Waals surface area contributed by atoms with Crippen LogP contribution in [0, 0.1) is 5.82 Å². The van der Waals surface area contributed by atoms with Gasteiger partial charge in [0.05, 0.1) is 5.02 Å². The van der Waals surface area contributed by atoms with Crippen LogP contribution in [0.4, 0.5) is 4.39 Å². The van der Waals surface area contributed by atoms with Crippen molar-refractivity contribution in [3.63, 3.8) is 0 Å². The Kier molecular flexibility index (Phi) is 5.41. The van der Waals surface area contributed by atoms with Crippen molar-refractivity contribution in [1.29, 1.82) is 0 Å².